The van der Waals surface area contributed by atoms with Crippen LogP contribution in [0.1, 0.15) is 27.0 Å². The lowest BCUT2D eigenvalue weighted by atomic mass is 10.0. The Balaban J connectivity index is 1.49. The molecule has 4 rings (SSSR count). The summed E-state index contributed by atoms with van der Waals surface area (Å²) < 4.78 is 10.7. The highest BCUT2D eigenvalue weighted by molar-refractivity contribution is 5.95. The summed E-state index contributed by atoms with van der Waals surface area (Å²) in [5, 5.41) is 2.93. The third-order valence-corrected chi connectivity index (χ3v) is 4.45. The highest BCUT2D eigenvalue weighted by atomic mass is 16.7. The van der Waals surface area contributed by atoms with Gasteiger partial charge in [-0.3, -0.25) is 9.78 Å². The van der Waals surface area contributed by atoms with E-state index in [1.165, 1.54) is 11.1 Å². The Labute approximate surface area is 158 Å². The summed E-state index contributed by atoms with van der Waals surface area (Å²) in [5.74, 6) is 1.28. The molecule has 0 aliphatic carbocycles. The number of nitrogens with one attached hydrogen (secondary N) is 1. The largest absolute Gasteiger partial charge is 0.454 e. The predicted molar refractivity (Wildman–Crippen MR) is 103 cm³/mol. The number of carbonyl (C=O) groups excluding carboxylic acids is 1. The van der Waals surface area contributed by atoms with Gasteiger partial charge in [0.05, 0.1) is 5.56 Å². The Morgan fingerprint density at radius 2 is 1.74 bits per heavy atom. The molecule has 0 radical (unpaired) electrons. The zero-order chi connectivity index (χ0) is 18.8. The van der Waals surface area contributed by atoms with Gasteiger partial charge in [0.2, 0.25) is 6.79 Å². The molecule has 0 fully saturated rings. The number of amides is 1. The van der Waals surface area contributed by atoms with Crippen LogP contribution in [0.15, 0.2) is 54.9 Å². The summed E-state index contributed by atoms with van der Waals surface area (Å²) in [6.07, 6.45) is 3.37. The van der Waals surface area contributed by atoms with Crippen LogP contribution in [0.2, 0.25) is 0 Å². The molecule has 1 aliphatic heterocycles. The lowest BCUT2D eigenvalue weighted by Crippen LogP contribution is -2.22. The van der Waals surface area contributed by atoms with Crippen molar-refractivity contribution in [3.8, 4) is 22.6 Å². The van der Waals surface area contributed by atoms with Gasteiger partial charge in [-0.2, -0.15) is 0 Å². The van der Waals surface area contributed by atoms with E-state index in [-0.39, 0.29) is 12.7 Å². The van der Waals surface area contributed by atoms with Gasteiger partial charge in [-0.15, -0.1) is 0 Å². The summed E-state index contributed by atoms with van der Waals surface area (Å²) in [4.78, 5) is 16.8. The van der Waals surface area contributed by atoms with E-state index in [1.807, 2.05) is 24.3 Å². The molecular formula is C22H20N2O3. The summed E-state index contributed by atoms with van der Waals surface area (Å²) >= 11 is 0. The summed E-state index contributed by atoms with van der Waals surface area (Å²) in [6, 6.07) is 13.8. The molecular weight excluding hydrogens is 340 g/mol. The highest BCUT2D eigenvalue weighted by Gasteiger charge is 2.14. The third-order valence-electron chi connectivity index (χ3n) is 4.45. The molecule has 1 aromatic heterocycles. The van der Waals surface area contributed by atoms with E-state index in [4.69, 9.17) is 9.47 Å². The van der Waals surface area contributed by atoms with Crippen LogP contribution in [0.3, 0.4) is 0 Å². The zero-order valence-electron chi connectivity index (χ0n) is 15.3. The third kappa shape index (κ3) is 3.77. The van der Waals surface area contributed by atoms with E-state index in [0.717, 1.165) is 22.4 Å². The molecule has 1 aliphatic rings. The van der Waals surface area contributed by atoms with Crippen molar-refractivity contribution in [1.29, 1.82) is 0 Å². The van der Waals surface area contributed by atoms with Gasteiger partial charge in [0.15, 0.2) is 11.5 Å². The number of hydrogen-bond acceptors (Lipinski definition) is 4. The lowest BCUT2D eigenvalue weighted by molar-refractivity contribution is 0.0950. The number of hydrogen-bond donors (Lipinski definition) is 1. The molecule has 27 heavy (non-hydrogen) atoms. The minimum atomic E-state index is -0.161. The lowest BCUT2D eigenvalue weighted by Gasteiger charge is -2.09. The highest BCUT2D eigenvalue weighted by Crippen LogP contribution is 2.32. The van der Waals surface area contributed by atoms with Crippen molar-refractivity contribution < 1.29 is 14.3 Å². The van der Waals surface area contributed by atoms with E-state index in [2.05, 4.69) is 42.3 Å². The van der Waals surface area contributed by atoms with Gasteiger partial charge >= 0.3 is 0 Å². The van der Waals surface area contributed by atoms with Gasteiger partial charge in [-0.05, 0) is 43.2 Å². The van der Waals surface area contributed by atoms with Crippen LogP contribution in [0.25, 0.3) is 11.1 Å². The van der Waals surface area contributed by atoms with Crippen molar-refractivity contribution in [3.05, 3.63) is 77.1 Å². The first-order chi connectivity index (χ1) is 13.1. The molecule has 3 aromatic rings. The quantitative estimate of drug-likeness (QED) is 0.763. The van der Waals surface area contributed by atoms with Gasteiger partial charge in [0.1, 0.15) is 0 Å². The minimum Gasteiger partial charge on any atom is -0.454 e. The van der Waals surface area contributed by atoms with Crippen molar-refractivity contribution in [2.45, 2.75) is 20.4 Å². The van der Waals surface area contributed by atoms with Crippen LogP contribution >= 0.6 is 0 Å². The van der Waals surface area contributed by atoms with Gasteiger partial charge in [-0.25, -0.2) is 0 Å². The SMILES string of the molecule is Cc1cc(C)cc(-c2cncc(C(=O)NCc3ccc4c(c3)OCO4)c2)c1. The number of fused-ring (bicyclic) bond motifs is 1. The molecule has 5 heteroatoms. The van der Waals surface area contributed by atoms with Crippen molar-refractivity contribution in [1.82, 2.24) is 10.3 Å². The Morgan fingerprint density at radius 3 is 2.56 bits per heavy atom. The second kappa shape index (κ2) is 7.11. The molecule has 5 nitrogen and oxygen atoms in total. The number of pyridine rings is 1. The van der Waals surface area contributed by atoms with Gasteiger partial charge in [-0.1, -0.05) is 35.4 Å². The topological polar surface area (TPSA) is 60.5 Å². The van der Waals surface area contributed by atoms with E-state index < -0.39 is 0 Å². The molecule has 2 aromatic carbocycles. The van der Waals surface area contributed by atoms with Crippen LogP contribution in [-0.2, 0) is 6.54 Å². The summed E-state index contributed by atoms with van der Waals surface area (Å²) in [7, 11) is 0. The van der Waals surface area contributed by atoms with Crippen molar-refractivity contribution >= 4 is 5.91 Å². The molecule has 0 atom stereocenters. The maximum atomic E-state index is 12.6. The van der Waals surface area contributed by atoms with Crippen LogP contribution < -0.4 is 14.8 Å². The molecule has 1 amide bonds. The molecule has 0 saturated heterocycles. The average molecular weight is 360 g/mol. The number of rotatable bonds is 4. The second-order valence-corrected chi connectivity index (χ2v) is 6.71. The fourth-order valence-electron chi connectivity index (χ4n) is 3.20. The standard InChI is InChI=1S/C22H20N2O3/c1-14-5-15(2)7-17(6-14)18-9-19(12-23-11-18)22(25)24-10-16-3-4-20-21(8-16)27-13-26-20/h3-9,11-12H,10,13H2,1-2H3,(H,24,25). The Morgan fingerprint density at radius 1 is 0.963 bits per heavy atom. The fourth-order valence-corrected chi connectivity index (χ4v) is 3.20. The number of aromatic nitrogens is 1. The van der Waals surface area contributed by atoms with Crippen molar-refractivity contribution in [2.75, 3.05) is 6.79 Å². The molecule has 0 saturated carbocycles. The first-order valence-corrected chi connectivity index (χ1v) is 8.79. The monoisotopic (exact) mass is 360 g/mol. The van der Waals surface area contributed by atoms with Crippen molar-refractivity contribution in [2.24, 2.45) is 0 Å². The molecule has 136 valence electrons. The van der Waals surface area contributed by atoms with E-state index in [1.54, 1.807) is 12.4 Å². The van der Waals surface area contributed by atoms with E-state index in [0.29, 0.717) is 17.9 Å². The molecule has 1 N–H and O–H groups in total. The maximum absolute atomic E-state index is 12.6. The Bertz CT molecular complexity index is 994. The number of nitrogens with zero attached hydrogens (tertiary/aromatic N) is 1. The van der Waals surface area contributed by atoms with Crippen LogP contribution in [-0.4, -0.2) is 17.7 Å². The Hall–Kier alpha value is -3.34. The maximum Gasteiger partial charge on any atom is 0.253 e. The first kappa shape index (κ1) is 17.1. The van der Waals surface area contributed by atoms with E-state index in [9.17, 15) is 4.79 Å². The van der Waals surface area contributed by atoms with Crippen LogP contribution in [0, 0.1) is 13.8 Å². The average Bonchev–Trinajstić information content (AvgIpc) is 3.13. The number of benzene rings is 2. The molecule has 0 bridgehead atoms. The van der Waals surface area contributed by atoms with Gasteiger partial charge in [0, 0.05) is 24.5 Å². The minimum absolute atomic E-state index is 0.161. The van der Waals surface area contributed by atoms with Gasteiger partial charge < -0.3 is 14.8 Å². The van der Waals surface area contributed by atoms with Crippen LogP contribution in [0.4, 0.5) is 0 Å². The first-order valence-electron chi connectivity index (χ1n) is 8.79. The van der Waals surface area contributed by atoms with Crippen molar-refractivity contribution in [3.63, 3.8) is 0 Å². The smallest absolute Gasteiger partial charge is 0.253 e. The fraction of sp³-hybridized carbons (Fsp3) is 0.182. The van der Waals surface area contributed by atoms with Gasteiger partial charge in [0.25, 0.3) is 5.91 Å². The number of ether oxygens (including phenoxy) is 2. The number of carbonyl (C=O) groups is 1. The van der Waals surface area contributed by atoms with E-state index >= 15 is 0 Å². The second-order valence-electron chi connectivity index (χ2n) is 6.71. The zero-order valence-corrected chi connectivity index (χ0v) is 15.3. The molecule has 0 unspecified atom stereocenters. The normalized spacial score (nSPS) is 12.1. The summed E-state index contributed by atoms with van der Waals surface area (Å²) in [6.45, 7) is 4.77. The molecule has 2 heterocycles. The number of aryl methyl sites for hydroxylation is 2. The predicted octanol–water partition coefficient (Wildman–Crippen LogP) is 4.02. The molecule has 0 spiro atoms. The Kier molecular flexibility index (Phi) is 4.50. The summed E-state index contributed by atoms with van der Waals surface area (Å²) in [5.41, 5.74) is 5.84. The van der Waals surface area contributed by atoms with Crippen LogP contribution in [0.5, 0.6) is 11.5 Å².